The lowest BCUT2D eigenvalue weighted by molar-refractivity contribution is -0.139. The number of hydrogen-bond donors (Lipinski definition) is 3. The Morgan fingerprint density at radius 1 is 0.963 bits per heavy atom. The Labute approximate surface area is 317 Å². The third-order valence-corrected chi connectivity index (χ3v) is 11.0. The van der Waals surface area contributed by atoms with Crippen LogP contribution in [-0.4, -0.2) is 71.9 Å². The van der Waals surface area contributed by atoms with Gasteiger partial charge < -0.3 is 29.4 Å². The maximum atomic E-state index is 14.5. The van der Waals surface area contributed by atoms with Crippen LogP contribution in [0.2, 0.25) is 5.02 Å². The Morgan fingerprint density at radius 3 is 2.46 bits per heavy atom. The topological polar surface area (TPSA) is 118 Å². The maximum absolute atomic E-state index is 14.5. The van der Waals surface area contributed by atoms with E-state index in [1.807, 2.05) is 53.4 Å². The predicted molar refractivity (Wildman–Crippen MR) is 198 cm³/mol. The van der Waals surface area contributed by atoms with E-state index in [1.54, 1.807) is 7.11 Å². The van der Waals surface area contributed by atoms with Crippen LogP contribution in [0.3, 0.4) is 0 Å². The molecule has 1 aliphatic carbocycles. The fourth-order valence-electron chi connectivity index (χ4n) is 7.86. The van der Waals surface area contributed by atoms with Gasteiger partial charge in [-0.2, -0.15) is 18.2 Å². The monoisotopic (exact) mass is 765 g/mol. The highest BCUT2D eigenvalue weighted by atomic mass is 35.5. The van der Waals surface area contributed by atoms with E-state index in [1.165, 1.54) is 7.11 Å². The number of aromatic nitrogens is 2. The number of pyridine rings is 2. The van der Waals surface area contributed by atoms with Crippen LogP contribution >= 0.6 is 11.6 Å². The number of alkyl halides is 3. The van der Waals surface area contributed by atoms with Gasteiger partial charge in [-0.25, -0.2) is 4.98 Å². The zero-order valence-electron chi connectivity index (χ0n) is 30.1. The number of nitrogens with one attached hydrogen (secondary N) is 2. The number of ether oxygens (including phenoxy) is 3. The van der Waals surface area contributed by atoms with E-state index in [4.69, 9.17) is 30.8 Å². The summed E-state index contributed by atoms with van der Waals surface area (Å²) in [6.45, 7) is 1.94. The highest BCUT2D eigenvalue weighted by molar-refractivity contribution is 6.36. The molecule has 2 saturated heterocycles. The van der Waals surface area contributed by atoms with Gasteiger partial charge in [-0.3, -0.25) is 10.2 Å². The fraction of sp³-hybridized carbons (Fsp3) is 0.425. The Kier molecular flexibility index (Phi) is 11.4. The Morgan fingerprint density at radius 2 is 1.72 bits per heavy atom. The second kappa shape index (κ2) is 16.2. The molecule has 4 heterocycles. The first-order valence-corrected chi connectivity index (χ1v) is 18.6. The van der Waals surface area contributed by atoms with Gasteiger partial charge in [0.05, 0.1) is 31.0 Å². The highest BCUT2D eigenvalue weighted by Crippen LogP contribution is 2.46. The van der Waals surface area contributed by atoms with E-state index in [0.29, 0.717) is 61.1 Å². The molecule has 0 amide bonds. The molecule has 2 aromatic heterocycles. The summed E-state index contributed by atoms with van der Waals surface area (Å²) in [5, 5.41) is 16.8. The Bertz CT molecular complexity index is 2000. The summed E-state index contributed by atoms with van der Waals surface area (Å²) in [6.07, 6.45) is -0.973. The largest absolute Gasteiger partial charge is 0.481 e. The van der Waals surface area contributed by atoms with Crippen molar-refractivity contribution in [2.45, 2.75) is 82.2 Å². The van der Waals surface area contributed by atoms with Crippen LogP contribution in [0, 0.1) is 0 Å². The molecule has 14 heteroatoms. The molecule has 0 radical (unpaired) electrons. The lowest BCUT2D eigenvalue weighted by atomic mass is 9.94. The number of aliphatic hydroxyl groups is 1. The van der Waals surface area contributed by atoms with Crippen molar-refractivity contribution in [2.75, 3.05) is 27.3 Å². The van der Waals surface area contributed by atoms with Crippen LogP contribution in [0.15, 0.2) is 54.6 Å². The van der Waals surface area contributed by atoms with Gasteiger partial charge in [0.15, 0.2) is 0 Å². The summed E-state index contributed by atoms with van der Waals surface area (Å²) in [4.78, 5) is 22.4. The summed E-state index contributed by atoms with van der Waals surface area (Å²) < 4.78 is 60.8. The number of carbonyl (C=O) groups excluding carboxylic acids is 1. The Balaban J connectivity index is 1.13. The molecule has 3 N–H and O–H groups in total. The van der Waals surface area contributed by atoms with Gasteiger partial charge in [-0.05, 0) is 73.9 Å². The molecule has 0 spiro atoms. The van der Waals surface area contributed by atoms with E-state index in [2.05, 4.69) is 15.6 Å². The zero-order chi connectivity index (χ0) is 38.0. The molecule has 0 saturated carbocycles. The zero-order valence-corrected chi connectivity index (χ0v) is 30.8. The number of likely N-dealkylation sites (tertiary alicyclic amines) is 1. The molecule has 2 aromatic carbocycles. The third-order valence-electron chi connectivity index (χ3n) is 10.6. The van der Waals surface area contributed by atoms with E-state index in [0.717, 1.165) is 59.4 Å². The van der Waals surface area contributed by atoms with Crippen molar-refractivity contribution >= 4 is 17.9 Å². The van der Waals surface area contributed by atoms with Crippen LogP contribution in [-0.2, 0) is 30.5 Å². The van der Waals surface area contributed by atoms with Crippen molar-refractivity contribution in [3.8, 4) is 40.0 Å². The number of fused-ring (bicyclic) bond motifs is 1. The smallest absolute Gasteiger partial charge is 0.421 e. The SMILES string of the molecule is COc1nc(-c2cccc(-c3cccc4c3CC[C@@H]4Oc3nc(OC)c(CN4CCC[C@H]4C=O)cc3C(F)(F)F)c2Cl)ccc1CNC[C@@H]1CCC(O)N1. The number of benzene rings is 2. The molecule has 7 rings (SSSR count). The lowest BCUT2D eigenvalue weighted by Gasteiger charge is -2.23. The number of methoxy groups -OCH3 is 2. The van der Waals surface area contributed by atoms with E-state index < -0.39 is 30.0 Å². The van der Waals surface area contributed by atoms with Crippen LogP contribution in [0.5, 0.6) is 17.6 Å². The number of aliphatic hydroxyl groups excluding tert-OH is 1. The second-order valence-electron chi connectivity index (χ2n) is 14.0. The minimum absolute atomic E-state index is 0.0294. The van der Waals surface area contributed by atoms with Gasteiger partial charge >= 0.3 is 6.18 Å². The first-order chi connectivity index (χ1) is 26.1. The maximum Gasteiger partial charge on any atom is 0.421 e. The number of nitrogens with zero attached hydrogens (tertiary/aromatic N) is 3. The quantitative estimate of drug-likeness (QED) is 0.124. The first-order valence-electron chi connectivity index (χ1n) is 18.2. The summed E-state index contributed by atoms with van der Waals surface area (Å²) in [5.41, 5.74) is 4.79. The van der Waals surface area contributed by atoms with Crippen molar-refractivity contribution in [3.63, 3.8) is 0 Å². The summed E-state index contributed by atoms with van der Waals surface area (Å²) in [5.74, 6) is -0.0478. The van der Waals surface area contributed by atoms with Crippen LogP contribution in [0.1, 0.15) is 66.0 Å². The second-order valence-corrected chi connectivity index (χ2v) is 14.3. The molecule has 1 unspecified atom stereocenters. The predicted octanol–water partition coefficient (Wildman–Crippen LogP) is 6.89. The van der Waals surface area contributed by atoms with E-state index >= 15 is 0 Å². The number of aldehydes is 1. The molecule has 0 bridgehead atoms. The number of carbonyl (C=O) groups is 1. The molecular formula is C40H43ClF3N5O5. The van der Waals surface area contributed by atoms with Crippen molar-refractivity contribution in [3.05, 3.63) is 87.4 Å². The molecule has 54 heavy (non-hydrogen) atoms. The molecule has 4 atom stereocenters. The molecule has 3 aliphatic rings. The summed E-state index contributed by atoms with van der Waals surface area (Å²) in [7, 11) is 2.93. The summed E-state index contributed by atoms with van der Waals surface area (Å²) in [6, 6.07) is 16.1. The number of halogens is 4. The molecule has 2 aliphatic heterocycles. The molecule has 10 nitrogen and oxygen atoms in total. The number of rotatable bonds is 13. The average molecular weight is 766 g/mol. The Hall–Kier alpha value is -4.27. The third kappa shape index (κ3) is 7.92. The van der Waals surface area contributed by atoms with Gasteiger partial charge in [0.1, 0.15) is 24.2 Å². The van der Waals surface area contributed by atoms with Crippen LogP contribution in [0.25, 0.3) is 22.4 Å². The molecule has 286 valence electrons. The van der Waals surface area contributed by atoms with Crippen molar-refractivity contribution in [1.29, 1.82) is 0 Å². The van der Waals surface area contributed by atoms with Crippen molar-refractivity contribution < 1.29 is 37.3 Å². The van der Waals surface area contributed by atoms with E-state index in [-0.39, 0.29) is 30.1 Å². The van der Waals surface area contributed by atoms with Gasteiger partial charge in [0.2, 0.25) is 17.6 Å². The van der Waals surface area contributed by atoms with Gasteiger partial charge in [0, 0.05) is 47.9 Å². The standard InChI is InChI=1S/C40H43ClF3N5O5/c1-52-37-23(19-45-20-25-12-16-35(51)46-25)11-14-33(47-37)31-10-4-9-30(36(31)41)27-7-3-8-29-28(27)13-15-34(29)54-39-32(40(42,43)44)18-24(38(48-39)53-2)21-49-17-5-6-26(49)22-50/h3-4,7-11,14,18,22,25-26,34-35,45-46,51H,5-6,12-13,15-17,19-21H2,1-2H3/t25-,26-,34-,35?/m0/s1. The molecule has 2 fully saturated rings. The lowest BCUT2D eigenvalue weighted by Crippen LogP contribution is -2.37. The van der Waals surface area contributed by atoms with Crippen LogP contribution < -0.4 is 24.8 Å². The summed E-state index contributed by atoms with van der Waals surface area (Å²) >= 11 is 7.12. The van der Waals surface area contributed by atoms with Crippen molar-refractivity contribution in [2.24, 2.45) is 0 Å². The number of hydrogen-bond acceptors (Lipinski definition) is 10. The minimum atomic E-state index is -4.74. The van der Waals surface area contributed by atoms with Crippen molar-refractivity contribution in [1.82, 2.24) is 25.5 Å². The fourth-order valence-corrected chi connectivity index (χ4v) is 8.18. The van der Waals surface area contributed by atoms with Gasteiger partial charge in [-0.1, -0.05) is 54.1 Å². The van der Waals surface area contributed by atoms with Gasteiger partial charge in [0.25, 0.3) is 0 Å². The molecule has 4 aromatic rings. The highest BCUT2D eigenvalue weighted by Gasteiger charge is 2.39. The minimum Gasteiger partial charge on any atom is -0.481 e. The van der Waals surface area contributed by atoms with Gasteiger partial charge in [-0.15, -0.1) is 0 Å². The molecular weight excluding hydrogens is 723 g/mol. The first kappa shape index (κ1) is 38.0. The average Bonchev–Trinajstić information content (AvgIpc) is 3.91. The normalized spacial score (nSPS) is 21.3. The van der Waals surface area contributed by atoms with Crippen LogP contribution in [0.4, 0.5) is 13.2 Å². The van der Waals surface area contributed by atoms with E-state index in [9.17, 15) is 23.1 Å².